The van der Waals surface area contributed by atoms with Crippen LogP contribution in [0.5, 0.6) is 0 Å². The fourth-order valence-electron chi connectivity index (χ4n) is 1.51. The second-order valence-corrected chi connectivity index (χ2v) is 6.33. The number of carbonyl (C=O) groups excluding carboxylic acids is 2. The van der Waals surface area contributed by atoms with E-state index in [0.717, 1.165) is 12.8 Å². The second kappa shape index (κ2) is 7.28. The first-order valence-electron chi connectivity index (χ1n) is 6.38. The summed E-state index contributed by atoms with van der Waals surface area (Å²) in [7, 11) is 0. The van der Waals surface area contributed by atoms with Gasteiger partial charge in [-0.25, -0.2) is 0 Å². The Bertz CT molecular complexity index is 407. The van der Waals surface area contributed by atoms with Crippen molar-refractivity contribution in [2.45, 2.75) is 45.6 Å². The van der Waals surface area contributed by atoms with Gasteiger partial charge in [-0.2, -0.15) is 0 Å². The van der Waals surface area contributed by atoms with E-state index in [1.165, 1.54) is 4.88 Å². The van der Waals surface area contributed by atoms with Crippen molar-refractivity contribution in [2.24, 2.45) is 0 Å². The Labute approximate surface area is 118 Å². The van der Waals surface area contributed by atoms with Gasteiger partial charge in [0.2, 0.25) is 5.91 Å². The predicted molar refractivity (Wildman–Crippen MR) is 76.1 cm³/mol. The first-order chi connectivity index (χ1) is 8.87. The molecular formula is C14H21NO3S. The van der Waals surface area contributed by atoms with Crippen molar-refractivity contribution >= 4 is 23.2 Å². The Morgan fingerprint density at radius 3 is 2.68 bits per heavy atom. The maximum atomic E-state index is 11.5. The quantitative estimate of drug-likeness (QED) is 0.816. The molecule has 0 saturated carbocycles. The minimum atomic E-state index is -0.513. The lowest BCUT2D eigenvalue weighted by atomic mass is 10.2. The predicted octanol–water partition coefficient (Wildman–Crippen LogP) is 2.53. The Balaban J connectivity index is 2.12. The van der Waals surface area contributed by atoms with E-state index in [1.54, 1.807) is 32.1 Å². The minimum absolute atomic E-state index is 0.0604. The molecule has 0 saturated heterocycles. The number of aryl methyl sites for hydroxylation is 1. The average Bonchev–Trinajstić information content (AvgIpc) is 2.77. The van der Waals surface area contributed by atoms with Crippen LogP contribution >= 0.6 is 11.3 Å². The highest BCUT2D eigenvalue weighted by Crippen LogP contribution is 2.11. The molecule has 1 aromatic heterocycles. The average molecular weight is 283 g/mol. The Hall–Kier alpha value is -1.36. The molecule has 106 valence electrons. The number of ether oxygens (including phenoxy) is 1. The summed E-state index contributed by atoms with van der Waals surface area (Å²) in [5, 5.41) is 4.60. The van der Waals surface area contributed by atoms with Crippen LogP contribution < -0.4 is 5.32 Å². The van der Waals surface area contributed by atoms with Crippen LogP contribution in [0, 0.1) is 0 Å². The van der Waals surface area contributed by atoms with Crippen LogP contribution in [0.25, 0.3) is 0 Å². The molecule has 0 bridgehead atoms. The van der Waals surface area contributed by atoms with Crippen LogP contribution in [0.15, 0.2) is 17.5 Å². The highest BCUT2D eigenvalue weighted by atomic mass is 32.1. The van der Waals surface area contributed by atoms with Gasteiger partial charge in [0.25, 0.3) is 0 Å². The molecule has 4 nitrogen and oxygen atoms in total. The summed E-state index contributed by atoms with van der Waals surface area (Å²) in [6.45, 7) is 5.34. The standard InChI is InChI=1S/C14H21NO3S/c1-14(2,3)18-13(17)10-15-12(16)8-4-6-11-7-5-9-19-11/h5,7,9H,4,6,8,10H2,1-3H3,(H,15,16). The van der Waals surface area contributed by atoms with Gasteiger partial charge in [-0.1, -0.05) is 6.07 Å². The van der Waals surface area contributed by atoms with Gasteiger partial charge in [0.05, 0.1) is 0 Å². The SMILES string of the molecule is CC(C)(C)OC(=O)CNC(=O)CCCc1cccs1. The van der Waals surface area contributed by atoms with Crippen molar-refractivity contribution in [3.05, 3.63) is 22.4 Å². The van der Waals surface area contributed by atoms with E-state index in [4.69, 9.17) is 4.74 Å². The molecule has 0 atom stereocenters. The minimum Gasteiger partial charge on any atom is -0.459 e. The largest absolute Gasteiger partial charge is 0.459 e. The highest BCUT2D eigenvalue weighted by Gasteiger charge is 2.16. The molecule has 1 heterocycles. The molecule has 0 aromatic carbocycles. The summed E-state index contributed by atoms with van der Waals surface area (Å²) in [4.78, 5) is 24.2. The number of amides is 1. The van der Waals surface area contributed by atoms with Crippen LogP contribution in [0.2, 0.25) is 0 Å². The Kier molecular flexibility index (Phi) is 6.02. The molecule has 1 amide bonds. The Morgan fingerprint density at radius 2 is 2.11 bits per heavy atom. The van der Waals surface area contributed by atoms with Crippen LogP contribution in [-0.2, 0) is 20.7 Å². The number of hydrogen-bond donors (Lipinski definition) is 1. The summed E-state index contributed by atoms with van der Waals surface area (Å²) in [5.74, 6) is -0.512. The third-order valence-corrected chi connectivity index (χ3v) is 3.19. The molecule has 0 radical (unpaired) electrons. The van der Waals surface area contributed by atoms with Crippen molar-refractivity contribution in [1.82, 2.24) is 5.32 Å². The number of rotatable bonds is 6. The van der Waals surface area contributed by atoms with E-state index >= 15 is 0 Å². The zero-order valence-electron chi connectivity index (χ0n) is 11.7. The van der Waals surface area contributed by atoms with Crippen molar-refractivity contribution in [3.63, 3.8) is 0 Å². The maximum Gasteiger partial charge on any atom is 0.325 e. The van der Waals surface area contributed by atoms with Gasteiger partial charge in [0, 0.05) is 11.3 Å². The van der Waals surface area contributed by atoms with Gasteiger partial charge in [-0.15, -0.1) is 11.3 Å². The fourth-order valence-corrected chi connectivity index (χ4v) is 2.27. The summed E-state index contributed by atoms with van der Waals surface area (Å²) < 4.78 is 5.10. The maximum absolute atomic E-state index is 11.5. The zero-order chi connectivity index (χ0) is 14.3. The lowest BCUT2D eigenvalue weighted by Gasteiger charge is -2.19. The molecule has 0 fully saturated rings. The summed E-state index contributed by atoms with van der Waals surface area (Å²) in [6, 6.07) is 4.06. The van der Waals surface area contributed by atoms with Crippen LogP contribution in [0.4, 0.5) is 0 Å². The molecule has 19 heavy (non-hydrogen) atoms. The number of hydrogen-bond acceptors (Lipinski definition) is 4. The fraction of sp³-hybridized carbons (Fsp3) is 0.571. The third kappa shape index (κ3) is 7.62. The number of carbonyl (C=O) groups is 2. The molecular weight excluding hydrogens is 262 g/mol. The molecule has 0 spiro atoms. The smallest absolute Gasteiger partial charge is 0.325 e. The van der Waals surface area contributed by atoms with Crippen molar-refractivity contribution in [3.8, 4) is 0 Å². The molecule has 1 rings (SSSR count). The van der Waals surface area contributed by atoms with E-state index in [0.29, 0.717) is 6.42 Å². The van der Waals surface area contributed by atoms with E-state index in [2.05, 4.69) is 11.4 Å². The van der Waals surface area contributed by atoms with Crippen molar-refractivity contribution < 1.29 is 14.3 Å². The molecule has 0 unspecified atom stereocenters. The van der Waals surface area contributed by atoms with Gasteiger partial charge < -0.3 is 10.1 Å². The summed E-state index contributed by atoms with van der Waals surface area (Å²) in [5.41, 5.74) is -0.513. The normalized spacial score (nSPS) is 11.1. The van der Waals surface area contributed by atoms with Gasteiger partial charge in [0.15, 0.2) is 0 Å². The number of esters is 1. The molecule has 0 aliphatic rings. The monoisotopic (exact) mass is 283 g/mol. The molecule has 5 heteroatoms. The van der Waals surface area contributed by atoms with E-state index in [1.807, 2.05) is 11.4 Å². The number of thiophene rings is 1. The van der Waals surface area contributed by atoms with Crippen LogP contribution in [0.3, 0.4) is 0 Å². The third-order valence-electron chi connectivity index (χ3n) is 2.26. The molecule has 0 aliphatic heterocycles. The molecule has 0 aliphatic carbocycles. The van der Waals surface area contributed by atoms with Gasteiger partial charge >= 0.3 is 5.97 Å². The zero-order valence-corrected chi connectivity index (χ0v) is 12.5. The van der Waals surface area contributed by atoms with E-state index in [-0.39, 0.29) is 12.5 Å². The lowest BCUT2D eigenvalue weighted by molar-refractivity contribution is -0.154. The molecule has 1 aromatic rings. The van der Waals surface area contributed by atoms with Gasteiger partial charge in [0.1, 0.15) is 12.1 Å². The Morgan fingerprint density at radius 1 is 1.37 bits per heavy atom. The highest BCUT2D eigenvalue weighted by molar-refractivity contribution is 7.09. The van der Waals surface area contributed by atoms with Gasteiger partial charge in [-0.05, 0) is 45.1 Å². The molecule has 1 N–H and O–H groups in total. The van der Waals surface area contributed by atoms with Crippen molar-refractivity contribution in [1.29, 1.82) is 0 Å². The van der Waals surface area contributed by atoms with Crippen molar-refractivity contribution in [2.75, 3.05) is 6.54 Å². The summed E-state index contributed by atoms with van der Waals surface area (Å²) >= 11 is 1.69. The first kappa shape index (κ1) is 15.7. The first-order valence-corrected chi connectivity index (χ1v) is 7.26. The second-order valence-electron chi connectivity index (χ2n) is 5.30. The summed E-state index contributed by atoms with van der Waals surface area (Å²) in [6.07, 6.45) is 2.12. The lowest BCUT2D eigenvalue weighted by Crippen LogP contribution is -2.34. The topological polar surface area (TPSA) is 55.4 Å². The number of nitrogens with one attached hydrogen (secondary N) is 1. The van der Waals surface area contributed by atoms with Gasteiger partial charge in [-0.3, -0.25) is 9.59 Å². The van der Waals surface area contributed by atoms with Crippen LogP contribution in [-0.4, -0.2) is 24.0 Å². The van der Waals surface area contributed by atoms with E-state index in [9.17, 15) is 9.59 Å². The van der Waals surface area contributed by atoms with E-state index < -0.39 is 11.6 Å². The van der Waals surface area contributed by atoms with Crippen LogP contribution in [0.1, 0.15) is 38.5 Å².